The molecule has 1 aromatic rings. The van der Waals surface area contributed by atoms with Gasteiger partial charge in [0, 0.05) is 19.2 Å². The van der Waals surface area contributed by atoms with Gasteiger partial charge in [0.25, 0.3) is 0 Å². The fourth-order valence-corrected chi connectivity index (χ4v) is 1.76. The van der Waals surface area contributed by atoms with Crippen molar-refractivity contribution in [3.63, 3.8) is 0 Å². The second-order valence-corrected chi connectivity index (χ2v) is 5.97. The largest absolute Gasteiger partial charge is 0.496 e. The van der Waals surface area contributed by atoms with Crippen LogP contribution in [0.15, 0.2) is 18.2 Å². The van der Waals surface area contributed by atoms with E-state index in [1.807, 2.05) is 45.9 Å². The van der Waals surface area contributed by atoms with Gasteiger partial charge in [-0.15, -0.1) is 0 Å². The Kier molecular flexibility index (Phi) is 5.57. The van der Waals surface area contributed by atoms with Crippen molar-refractivity contribution in [1.29, 1.82) is 0 Å². The molecule has 4 nitrogen and oxygen atoms in total. The highest BCUT2D eigenvalue weighted by Gasteiger charge is 2.16. The third kappa shape index (κ3) is 5.21. The molecule has 0 radical (unpaired) electrons. The molecule has 0 spiro atoms. The van der Waals surface area contributed by atoms with Gasteiger partial charge in [-0.1, -0.05) is 17.7 Å². The summed E-state index contributed by atoms with van der Waals surface area (Å²) in [4.78, 5) is 13.7. The van der Waals surface area contributed by atoms with Crippen LogP contribution in [-0.4, -0.2) is 37.2 Å². The zero-order valence-electron chi connectivity index (χ0n) is 13.3. The molecule has 0 aromatic heterocycles. The highest BCUT2D eigenvalue weighted by Crippen LogP contribution is 2.21. The lowest BCUT2D eigenvalue weighted by molar-refractivity contribution is -0.140. The second-order valence-electron chi connectivity index (χ2n) is 5.97. The summed E-state index contributed by atoms with van der Waals surface area (Å²) in [6, 6.07) is 5.95. The van der Waals surface area contributed by atoms with E-state index in [9.17, 15) is 4.79 Å². The predicted octanol–water partition coefficient (Wildman–Crippen LogP) is 2.78. The number of hydrogen-bond donors (Lipinski definition) is 0. The molecule has 0 saturated carbocycles. The summed E-state index contributed by atoms with van der Waals surface area (Å²) < 4.78 is 10.8. The molecule has 0 atom stereocenters. The van der Waals surface area contributed by atoms with E-state index in [-0.39, 0.29) is 18.1 Å². The Morgan fingerprint density at radius 2 is 1.95 bits per heavy atom. The fraction of sp³-hybridized carbons (Fsp3) is 0.562. The summed E-state index contributed by atoms with van der Waals surface area (Å²) in [5.41, 5.74) is 1.84. The van der Waals surface area contributed by atoms with Crippen LogP contribution in [0.25, 0.3) is 0 Å². The van der Waals surface area contributed by atoms with Gasteiger partial charge >= 0.3 is 0 Å². The zero-order valence-corrected chi connectivity index (χ0v) is 13.3. The van der Waals surface area contributed by atoms with Gasteiger partial charge in [-0.3, -0.25) is 4.79 Å². The lowest BCUT2D eigenvalue weighted by Gasteiger charge is -2.23. The summed E-state index contributed by atoms with van der Waals surface area (Å²) in [5.74, 6) is 0.760. The van der Waals surface area contributed by atoms with E-state index in [0.717, 1.165) is 16.9 Å². The first-order chi connectivity index (χ1) is 9.23. The molecule has 20 heavy (non-hydrogen) atoms. The Balaban J connectivity index is 2.68. The maximum absolute atomic E-state index is 12.0. The maximum Gasteiger partial charge on any atom is 0.248 e. The van der Waals surface area contributed by atoms with E-state index in [4.69, 9.17) is 9.47 Å². The number of likely N-dealkylation sites (N-methyl/N-ethyl adjacent to an activating group) is 1. The molecule has 4 heteroatoms. The number of hydrogen-bond acceptors (Lipinski definition) is 3. The zero-order chi connectivity index (χ0) is 15.3. The average molecular weight is 279 g/mol. The monoisotopic (exact) mass is 279 g/mol. The molecule has 0 aliphatic heterocycles. The highest BCUT2D eigenvalue weighted by atomic mass is 16.5. The van der Waals surface area contributed by atoms with Crippen molar-refractivity contribution in [2.75, 3.05) is 20.8 Å². The first-order valence-electron chi connectivity index (χ1n) is 6.74. The van der Waals surface area contributed by atoms with Crippen molar-refractivity contribution in [2.45, 2.75) is 39.8 Å². The quantitative estimate of drug-likeness (QED) is 0.832. The second kappa shape index (κ2) is 6.75. The smallest absolute Gasteiger partial charge is 0.248 e. The summed E-state index contributed by atoms with van der Waals surface area (Å²) in [5, 5.41) is 0. The van der Waals surface area contributed by atoms with Crippen LogP contribution in [0.2, 0.25) is 0 Å². The lowest BCUT2D eigenvalue weighted by atomic mass is 10.1. The van der Waals surface area contributed by atoms with Crippen LogP contribution in [0.5, 0.6) is 5.75 Å². The first kappa shape index (κ1) is 16.5. The van der Waals surface area contributed by atoms with E-state index in [1.165, 1.54) is 0 Å². The van der Waals surface area contributed by atoms with Crippen LogP contribution in [0.1, 0.15) is 31.9 Å². The number of rotatable bonds is 5. The van der Waals surface area contributed by atoms with E-state index < -0.39 is 0 Å². The van der Waals surface area contributed by atoms with Crippen molar-refractivity contribution in [3.8, 4) is 5.75 Å². The van der Waals surface area contributed by atoms with Crippen LogP contribution >= 0.6 is 0 Å². The molecule has 1 rings (SSSR count). The minimum absolute atomic E-state index is 0.0384. The molecule has 0 aliphatic carbocycles. The van der Waals surface area contributed by atoms with Gasteiger partial charge in [0.2, 0.25) is 5.91 Å². The fourth-order valence-electron chi connectivity index (χ4n) is 1.76. The van der Waals surface area contributed by atoms with Gasteiger partial charge < -0.3 is 14.4 Å². The Labute approximate surface area is 121 Å². The van der Waals surface area contributed by atoms with Gasteiger partial charge in [-0.2, -0.15) is 0 Å². The van der Waals surface area contributed by atoms with Gasteiger partial charge in [-0.25, -0.2) is 0 Å². The molecule has 0 fully saturated rings. The molecule has 0 bridgehead atoms. The Morgan fingerprint density at radius 3 is 2.50 bits per heavy atom. The van der Waals surface area contributed by atoms with Crippen molar-refractivity contribution < 1.29 is 14.3 Å². The Hall–Kier alpha value is -1.55. The van der Waals surface area contributed by atoms with E-state index in [2.05, 4.69) is 0 Å². The summed E-state index contributed by atoms with van der Waals surface area (Å²) in [7, 11) is 3.41. The number of aryl methyl sites for hydroxylation is 1. The molecule has 0 N–H and O–H groups in total. The van der Waals surface area contributed by atoms with Gasteiger partial charge in [0.15, 0.2) is 0 Å². The average Bonchev–Trinajstić information content (AvgIpc) is 2.35. The molecule has 0 saturated heterocycles. The maximum atomic E-state index is 12.0. The summed E-state index contributed by atoms with van der Waals surface area (Å²) >= 11 is 0. The number of amides is 1. The Bertz CT molecular complexity index is 463. The first-order valence-corrected chi connectivity index (χ1v) is 6.74. The molecule has 1 aromatic carbocycles. The Morgan fingerprint density at radius 1 is 1.30 bits per heavy atom. The van der Waals surface area contributed by atoms with E-state index in [1.54, 1.807) is 19.1 Å². The molecular formula is C16H25NO3. The number of methoxy groups -OCH3 is 1. The molecule has 0 aliphatic rings. The minimum atomic E-state index is -0.308. The number of benzene rings is 1. The topological polar surface area (TPSA) is 38.8 Å². The standard InChI is InChI=1S/C16H25NO3/c1-12-7-8-14(19-6)13(9-12)10-17(5)15(18)11-20-16(2,3)4/h7-9H,10-11H2,1-6H3. The molecule has 0 heterocycles. The van der Waals surface area contributed by atoms with Crippen LogP contribution in [0.3, 0.4) is 0 Å². The predicted molar refractivity (Wildman–Crippen MR) is 79.9 cm³/mol. The SMILES string of the molecule is COc1ccc(C)cc1CN(C)C(=O)COC(C)(C)C. The highest BCUT2D eigenvalue weighted by molar-refractivity contribution is 5.77. The number of nitrogens with zero attached hydrogens (tertiary/aromatic N) is 1. The lowest BCUT2D eigenvalue weighted by Crippen LogP contribution is -2.33. The number of carbonyl (C=O) groups is 1. The summed E-state index contributed by atoms with van der Waals surface area (Å²) in [6.07, 6.45) is 0. The molecular weight excluding hydrogens is 254 g/mol. The van der Waals surface area contributed by atoms with Crippen molar-refractivity contribution in [3.05, 3.63) is 29.3 Å². The molecule has 0 unspecified atom stereocenters. The van der Waals surface area contributed by atoms with Gasteiger partial charge in [0.05, 0.1) is 12.7 Å². The van der Waals surface area contributed by atoms with Gasteiger partial charge in [-0.05, 0) is 33.8 Å². The van der Waals surface area contributed by atoms with Crippen LogP contribution in [0.4, 0.5) is 0 Å². The number of carbonyl (C=O) groups excluding carboxylic acids is 1. The molecule has 1 amide bonds. The number of ether oxygens (including phenoxy) is 2. The third-order valence-corrected chi connectivity index (χ3v) is 2.90. The normalized spacial score (nSPS) is 11.3. The van der Waals surface area contributed by atoms with Gasteiger partial charge in [0.1, 0.15) is 12.4 Å². The van der Waals surface area contributed by atoms with Crippen molar-refractivity contribution >= 4 is 5.91 Å². The third-order valence-electron chi connectivity index (χ3n) is 2.90. The van der Waals surface area contributed by atoms with Crippen LogP contribution < -0.4 is 4.74 Å². The van der Waals surface area contributed by atoms with Crippen molar-refractivity contribution in [2.24, 2.45) is 0 Å². The minimum Gasteiger partial charge on any atom is -0.496 e. The molecule has 112 valence electrons. The van der Waals surface area contributed by atoms with E-state index >= 15 is 0 Å². The van der Waals surface area contributed by atoms with Crippen molar-refractivity contribution in [1.82, 2.24) is 4.90 Å². The summed E-state index contributed by atoms with van der Waals surface area (Å²) in [6.45, 7) is 8.43. The van der Waals surface area contributed by atoms with Crippen LogP contribution in [0, 0.1) is 6.92 Å². The van der Waals surface area contributed by atoms with Crippen LogP contribution in [-0.2, 0) is 16.1 Å². The van der Waals surface area contributed by atoms with E-state index in [0.29, 0.717) is 6.54 Å².